The molecule has 0 bridgehead atoms. The molecule has 2 aromatic heterocycles. The number of carbonyl (C=O) groups excluding carboxylic acids is 1. The zero-order valence-electron chi connectivity index (χ0n) is 44.8. The van der Waals surface area contributed by atoms with E-state index >= 15 is 0 Å². The number of carbonyl (C=O) groups is 2. The fourth-order valence-electron chi connectivity index (χ4n) is 8.18. The summed E-state index contributed by atoms with van der Waals surface area (Å²) in [6.07, 6.45) is 3.11. The second-order valence-electron chi connectivity index (χ2n) is 20.6. The van der Waals surface area contributed by atoms with Gasteiger partial charge in [-0.25, -0.2) is 0 Å². The first-order chi connectivity index (χ1) is 36.2. The minimum absolute atomic E-state index is 0. The van der Waals surface area contributed by atoms with Crippen LogP contribution in [-0.4, -0.2) is 51.1 Å². The molecular formula is C67H88BIN2O10. The Bertz CT molecular complexity index is 3060. The minimum Gasteiger partial charge on any atom is -0.489 e. The predicted molar refractivity (Wildman–Crippen MR) is 340 cm³/mol. The Morgan fingerprint density at radius 1 is 0.580 bits per heavy atom. The summed E-state index contributed by atoms with van der Waals surface area (Å²) in [6.45, 7) is 20.3. The van der Waals surface area contributed by atoms with Crippen molar-refractivity contribution in [3.63, 3.8) is 0 Å². The third-order valence-electron chi connectivity index (χ3n) is 12.7. The van der Waals surface area contributed by atoms with Gasteiger partial charge in [0.2, 0.25) is 0 Å². The molecule has 0 aliphatic heterocycles. The zero-order chi connectivity index (χ0) is 55.0. The highest BCUT2D eigenvalue weighted by atomic mass is 127. The summed E-state index contributed by atoms with van der Waals surface area (Å²) in [6, 6.07) is 47.5. The molecular weight excluding hydrogens is 1130 g/mol. The lowest BCUT2D eigenvalue weighted by Gasteiger charge is -2.19. The summed E-state index contributed by atoms with van der Waals surface area (Å²) < 4.78 is 28.1. The zero-order valence-corrected chi connectivity index (χ0v) is 46.9. The Hall–Kier alpha value is -7.01. The fourth-order valence-corrected chi connectivity index (χ4v) is 8.76. The number of esters is 1. The third kappa shape index (κ3) is 21.8. The molecule has 0 saturated heterocycles. The van der Waals surface area contributed by atoms with Crippen molar-refractivity contribution in [2.45, 2.75) is 148 Å². The van der Waals surface area contributed by atoms with E-state index in [4.69, 9.17) is 33.3 Å². The number of hydrogen-bond donors (Lipinski definition) is 3. The lowest BCUT2D eigenvalue weighted by atomic mass is 9.78. The van der Waals surface area contributed by atoms with E-state index in [2.05, 4.69) is 149 Å². The number of aromatic nitrogens is 2. The van der Waals surface area contributed by atoms with Crippen LogP contribution < -0.4 is 14.9 Å². The molecule has 0 radical (unpaired) electrons. The first-order valence-electron chi connectivity index (χ1n) is 25.2. The molecule has 0 saturated carbocycles. The lowest BCUT2D eigenvalue weighted by Crippen LogP contribution is -2.29. The van der Waals surface area contributed by atoms with Crippen molar-refractivity contribution in [2.24, 2.45) is 0 Å². The van der Waals surface area contributed by atoms with Gasteiger partial charge in [0.25, 0.3) is 0 Å². The second-order valence-corrected chi connectivity index (χ2v) is 21.7. The summed E-state index contributed by atoms with van der Waals surface area (Å²) in [5, 5.41) is 35.0. The summed E-state index contributed by atoms with van der Waals surface area (Å²) in [5.41, 5.74) is 13.5. The quantitative estimate of drug-likeness (QED) is 0.0448. The van der Waals surface area contributed by atoms with Crippen LogP contribution in [0.1, 0.15) is 166 Å². The number of carboxylic acids is 1. The van der Waals surface area contributed by atoms with Crippen LogP contribution >= 0.6 is 22.6 Å². The van der Waals surface area contributed by atoms with Gasteiger partial charge < -0.3 is 38.4 Å². The standard InChI is InChI=1S/C30H31NO4.C22H22INO4.C10H15BO2.5CH4/c1-20-5-6-21(17-26(20)22-7-11-24(12-8-22)30(2,3)4)19-34-25-13-9-23(10-14-25)27(18-29(32)33)28-15-16-35-31-28;1-3-26-22(25)13-19(21-10-11-28-24-21)17-6-8-18(9-7-17)27-14-16-5-4-15(2)20(23)12-16;1-10(2,3)8-4-6-9(7-5-8)11(12)13;;;;;/h5-17,27H,18-19H2,1-4H3,(H,32,33);4-12,19H,3,13-14H2,1-2H3;4-7,12-13H,1-3H3;5*1H4/t27-;19-;;;;;;/m00....../s1. The summed E-state index contributed by atoms with van der Waals surface area (Å²) in [5.74, 6) is -0.240. The first kappa shape index (κ1) is 72.0. The van der Waals surface area contributed by atoms with E-state index in [0.717, 1.165) is 33.8 Å². The lowest BCUT2D eigenvalue weighted by molar-refractivity contribution is -0.143. The highest BCUT2D eigenvalue weighted by Crippen LogP contribution is 2.32. The number of benzene rings is 6. The van der Waals surface area contributed by atoms with Crippen LogP contribution in [0.2, 0.25) is 0 Å². The molecule has 0 fully saturated rings. The van der Waals surface area contributed by atoms with Crippen LogP contribution in [0, 0.1) is 17.4 Å². The predicted octanol–water partition coefficient (Wildman–Crippen LogP) is 16.2. The molecule has 436 valence electrons. The SMILES string of the molecule is C.C.C.C.C.CC(C)(C)c1ccc(B(O)O)cc1.CCOC(=O)C[C@@H](c1ccc(OCc2ccc(C)c(I)c2)cc1)c1ccon1.Cc1ccc(COc2ccc([C@H](CC(=O)O)c3ccon3)cc2)cc1-c1ccc(C(C)(C)C)cc1. The fraction of sp³-hybridized carbons (Fsp3) is 0.343. The van der Waals surface area contributed by atoms with E-state index in [1.807, 2.05) is 60.7 Å². The monoisotopic (exact) mass is 1220 g/mol. The Kier molecular flexibility index (Phi) is 29.9. The van der Waals surface area contributed by atoms with Gasteiger partial charge in [-0.1, -0.05) is 186 Å². The number of rotatable bonds is 17. The number of nitrogens with zero attached hydrogens (tertiary/aromatic N) is 2. The van der Waals surface area contributed by atoms with E-state index in [-0.39, 0.29) is 78.6 Å². The van der Waals surface area contributed by atoms with Gasteiger partial charge in [0, 0.05) is 27.5 Å². The molecule has 3 N–H and O–H groups in total. The Labute approximate surface area is 497 Å². The average Bonchev–Trinajstić information content (AvgIpc) is 4.19. The van der Waals surface area contributed by atoms with E-state index in [1.54, 1.807) is 31.2 Å². The van der Waals surface area contributed by atoms with Gasteiger partial charge >= 0.3 is 19.1 Å². The molecule has 8 rings (SSSR count). The van der Waals surface area contributed by atoms with Crippen molar-refractivity contribution in [2.75, 3.05) is 6.61 Å². The van der Waals surface area contributed by atoms with Gasteiger partial charge in [-0.05, 0) is 152 Å². The van der Waals surface area contributed by atoms with Crippen LogP contribution in [-0.2, 0) is 38.4 Å². The van der Waals surface area contributed by atoms with Crippen molar-refractivity contribution >= 4 is 47.1 Å². The van der Waals surface area contributed by atoms with Crippen molar-refractivity contribution in [3.05, 3.63) is 218 Å². The molecule has 8 aromatic rings. The van der Waals surface area contributed by atoms with Gasteiger partial charge in [0.1, 0.15) is 37.2 Å². The van der Waals surface area contributed by atoms with Gasteiger partial charge in [-0.15, -0.1) is 0 Å². The largest absolute Gasteiger partial charge is 0.489 e. The van der Waals surface area contributed by atoms with Gasteiger partial charge in [0.05, 0.1) is 30.8 Å². The molecule has 2 heterocycles. The Morgan fingerprint density at radius 3 is 1.41 bits per heavy atom. The summed E-state index contributed by atoms with van der Waals surface area (Å²) in [4.78, 5) is 23.3. The van der Waals surface area contributed by atoms with Crippen molar-refractivity contribution in [1.82, 2.24) is 10.3 Å². The topological polar surface area (TPSA) is 175 Å². The van der Waals surface area contributed by atoms with Crippen LogP contribution in [0.3, 0.4) is 0 Å². The normalized spacial score (nSPS) is 11.3. The molecule has 0 amide bonds. The average molecular weight is 1220 g/mol. The number of halogens is 1. The van der Waals surface area contributed by atoms with Crippen LogP contribution in [0.5, 0.6) is 11.5 Å². The van der Waals surface area contributed by atoms with Crippen LogP contribution in [0.15, 0.2) is 167 Å². The minimum atomic E-state index is -1.37. The van der Waals surface area contributed by atoms with Crippen LogP contribution in [0.25, 0.3) is 11.1 Å². The van der Waals surface area contributed by atoms with Crippen molar-refractivity contribution in [1.29, 1.82) is 0 Å². The van der Waals surface area contributed by atoms with E-state index in [1.165, 1.54) is 49.5 Å². The molecule has 0 spiro atoms. The maximum Gasteiger partial charge on any atom is 0.488 e. The molecule has 12 nitrogen and oxygen atoms in total. The smallest absolute Gasteiger partial charge is 0.488 e. The van der Waals surface area contributed by atoms with Gasteiger partial charge in [-0.3, -0.25) is 9.59 Å². The number of hydrogen-bond acceptors (Lipinski definition) is 11. The summed E-state index contributed by atoms with van der Waals surface area (Å²) in [7, 11) is -1.37. The third-order valence-corrected chi connectivity index (χ3v) is 13.9. The summed E-state index contributed by atoms with van der Waals surface area (Å²) >= 11 is 2.33. The molecule has 6 aromatic carbocycles. The number of ether oxygens (including phenoxy) is 3. The number of aliphatic carboxylic acids is 1. The Balaban J connectivity index is 0.000000641. The number of carboxylic acid groups (broad SMARTS) is 1. The maximum atomic E-state index is 12.0. The number of aryl methyl sites for hydroxylation is 2. The van der Waals surface area contributed by atoms with Gasteiger partial charge in [0.15, 0.2) is 0 Å². The molecule has 81 heavy (non-hydrogen) atoms. The highest BCUT2D eigenvalue weighted by molar-refractivity contribution is 14.1. The van der Waals surface area contributed by atoms with Gasteiger partial charge in [-0.2, -0.15) is 0 Å². The van der Waals surface area contributed by atoms with Crippen molar-refractivity contribution < 1.29 is 48.0 Å². The molecule has 0 unspecified atom stereocenters. The molecule has 2 atom stereocenters. The van der Waals surface area contributed by atoms with E-state index in [0.29, 0.717) is 36.7 Å². The maximum absolute atomic E-state index is 12.0. The first-order valence-corrected chi connectivity index (χ1v) is 26.3. The van der Waals surface area contributed by atoms with E-state index in [9.17, 15) is 14.7 Å². The Morgan fingerprint density at radius 2 is 1.01 bits per heavy atom. The van der Waals surface area contributed by atoms with E-state index < -0.39 is 13.1 Å². The molecule has 0 aliphatic rings. The molecule has 14 heteroatoms. The molecule has 0 aliphatic carbocycles. The highest BCUT2D eigenvalue weighted by Gasteiger charge is 2.23. The van der Waals surface area contributed by atoms with Crippen molar-refractivity contribution in [3.8, 4) is 22.6 Å². The second kappa shape index (κ2) is 33.7. The van der Waals surface area contributed by atoms with Crippen LogP contribution in [0.4, 0.5) is 0 Å².